The van der Waals surface area contributed by atoms with Crippen LogP contribution in [-0.2, 0) is 0 Å². The first kappa shape index (κ1) is 11.9. The topological polar surface area (TPSA) is 72.7 Å². The van der Waals surface area contributed by atoms with Crippen LogP contribution in [0.25, 0.3) is 0 Å². The number of hydrogen-bond donors (Lipinski definition) is 4. The lowest BCUT2D eigenvalue weighted by atomic mass is 9.79. The minimum atomic E-state index is -1.36. The van der Waals surface area contributed by atoms with Crippen LogP contribution >= 0.6 is 0 Å². The van der Waals surface area contributed by atoms with Gasteiger partial charge in [-0.05, 0) is 24.6 Å². The zero-order valence-electron chi connectivity index (χ0n) is 9.52. The van der Waals surface area contributed by atoms with Crippen molar-refractivity contribution in [1.29, 1.82) is 0 Å². The van der Waals surface area contributed by atoms with E-state index in [-0.39, 0.29) is 0 Å². The van der Waals surface area contributed by atoms with Gasteiger partial charge < -0.3 is 20.6 Å². The number of rotatable bonds is 4. The quantitative estimate of drug-likeness (QED) is 0.551. The Hall–Kier alpha value is -0.580. The Morgan fingerprint density at radius 2 is 1.94 bits per heavy atom. The van der Waals surface area contributed by atoms with E-state index in [0.717, 1.165) is 12.0 Å². The van der Waals surface area contributed by atoms with Crippen molar-refractivity contribution in [3.05, 3.63) is 11.8 Å². The van der Waals surface area contributed by atoms with E-state index < -0.39 is 18.8 Å². The molecule has 0 spiro atoms. The van der Waals surface area contributed by atoms with Gasteiger partial charge in [0.05, 0.1) is 13.2 Å². The van der Waals surface area contributed by atoms with Crippen LogP contribution in [0.5, 0.6) is 0 Å². The van der Waals surface area contributed by atoms with E-state index in [1.165, 1.54) is 19.3 Å². The molecule has 92 valence electrons. The molecule has 2 aliphatic rings. The Kier molecular flexibility index (Phi) is 3.52. The number of hydrogen-bond acceptors (Lipinski definition) is 4. The molecular weight excluding hydrogens is 206 g/mol. The van der Waals surface area contributed by atoms with E-state index in [0.29, 0.717) is 18.4 Å². The third kappa shape index (κ3) is 2.24. The number of fused-ring (bicyclic) bond motifs is 1. The average molecular weight is 227 g/mol. The number of aliphatic hydroxyl groups is 3. The van der Waals surface area contributed by atoms with Gasteiger partial charge in [0.2, 0.25) is 0 Å². The summed E-state index contributed by atoms with van der Waals surface area (Å²) in [6.45, 7) is -0.781. The molecule has 1 saturated carbocycles. The van der Waals surface area contributed by atoms with Gasteiger partial charge in [0.15, 0.2) is 0 Å². The third-order valence-electron chi connectivity index (χ3n) is 3.85. The molecule has 1 aliphatic carbocycles. The molecule has 0 amide bonds. The molecule has 0 bridgehead atoms. The van der Waals surface area contributed by atoms with Gasteiger partial charge in [-0.15, -0.1) is 0 Å². The summed E-state index contributed by atoms with van der Waals surface area (Å²) in [5, 5.41) is 31.4. The van der Waals surface area contributed by atoms with Crippen molar-refractivity contribution in [2.45, 2.75) is 43.7 Å². The highest BCUT2D eigenvalue weighted by Gasteiger charge is 2.36. The van der Waals surface area contributed by atoms with Crippen LogP contribution in [0.3, 0.4) is 0 Å². The van der Waals surface area contributed by atoms with Gasteiger partial charge >= 0.3 is 0 Å². The van der Waals surface area contributed by atoms with Crippen molar-refractivity contribution in [2.24, 2.45) is 5.92 Å². The Labute approximate surface area is 96.0 Å². The monoisotopic (exact) mass is 227 g/mol. The van der Waals surface area contributed by atoms with E-state index in [2.05, 4.69) is 5.32 Å². The van der Waals surface area contributed by atoms with E-state index in [1.54, 1.807) is 0 Å². The molecule has 16 heavy (non-hydrogen) atoms. The lowest BCUT2D eigenvalue weighted by molar-refractivity contribution is -0.0553. The summed E-state index contributed by atoms with van der Waals surface area (Å²) in [4.78, 5) is 0. The van der Waals surface area contributed by atoms with Gasteiger partial charge in [-0.2, -0.15) is 0 Å². The molecular formula is C12H21NO3. The molecule has 2 atom stereocenters. The molecule has 2 rings (SSSR count). The normalized spacial score (nSPS) is 29.6. The highest BCUT2D eigenvalue weighted by Crippen LogP contribution is 2.37. The maximum absolute atomic E-state index is 9.91. The first-order valence-corrected chi connectivity index (χ1v) is 6.07. The van der Waals surface area contributed by atoms with Gasteiger partial charge in [-0.25, -0.2) is 0 Å². The van der Waals surface area contributed by atoms with E-state index in [1.807, 2.05) is 6.20 Å². The molecule has 4 N–H and O–H groups in total. The van der Waals surface area contributed by atoms with Crippen LogP contribution in [0, 0.1) is 5.92 Å². The van der Waals surface area contributed by atoms with Crippen molar-refractivity contribution in [1.82, 2.24) is 5.32 Å². The van der Waals surface area contributed by atoms with Crippen LogP contribution in [0.15, 0.2) is 11.8 Å². The fraction of sp³-hybridized carbons (Fsp3) is 0.833. The molecule has 4 heteroatoms. The van der Waals surface area contributed by atoms with Crippen molar-refractivity contribution in [2.75, 3.05) is 13.2 Å². The molecule has 0 aromatic carbocycles. The molecule has 0 aromatic rings. The van der Waals surface area contributed by atoms with Gasteiger partial charge in [-0.3, -0.25) is 0 Å². The zero-order chi connectivity index (χ0) is 11.6. The van der Waals surface area contributed by atoms with Gasteiger partial charge in [0.25, 0.3) is 0 Å². The summed E-state index contributed by atoms with van der Waals surface area (Å²) in [5.41, 5.74) is -0.213. The maximum atomic E-state index is 9.91. The maximum Gasteiger partial charge on any atom is 0.114 e. The van der Waals surface area contributed by atoms with E-state index >= 15 is 0 Å². The Morgan fingerprint density at radius 1 is 1.25 bits per heavy atom. The second-order valence-electron chi connectivity index (χ2n) is 5.10. The molecule has 0 radical (unpaired) electrons. The lowest BCUT2D eigenvalue weighted by Crippen LogP contribution is -2.39. The van der Waals surface area contributed by atoms with Crippen molar-refractivity contribution >= 4 is 0 Å². The highest BCUT2D eigenvalue weighted by molar-refractivity contribution is 5.19. The van der Waals surface area contributed by atoms with Crippen LogP contribution in [0.2, 0.25) is 0 Å². The van der Waals surface area contributed by atoms with Gasteiger partial charge in [0, 0.05) is 18.4 Å². The second-order valence-corrected chi connectivity index (χ2v) is 5.10. The number of nitrogens with one attached hydrogen (secondary N) is 1. The molecule has 4 nitrogen and oxygen atoms in total. The summed E-state index contributed by atoms with van der Waals surface area (Å²) in [5.74, 6) is 0.485. The Bertz CT molecular complexity index is 273. The van der Waals surface area contributed by atoms with Gasteiger partial charge in [0.1, 0.15) is 5.60 Å². The van der Waals surface area contributed by atoms with E-state index in [9.17, 15) is 5.11 Å². The molecule has 1 heterocycles. The van der Waals surface area contributed by atoms with Crippen LogP contribution in [0.1, 0.15) is 32.1 Å². The standard InChI is InChI=1S/C12H21NO3/c14-7-12(16,8-15)5-9-6-13-11-4-2-1-3-10(9)11/h6,10-11,13-16H,1-5,7-8H2. The third-order valence-corrected chi connectivity index (χ3v) is 3.85. The van der Waals surface area contributed by atoms with Crippen LogP contribution in [-0.4, -0.2) is 40.2 Å². The minimum absolute atomic E-state index is 0.369. The summed E-state index contributed by atoms with van der Waals surface area (Å²) in [7, 11) is 0. The Morgan fingerprint density at radius 3 is 2.62 bits per heavy atom. The summed E-state index contributed by atoms with van der Waals surface area (Å²) < 4.78 is 0. The summed E-state index contributed by atoms with van der Waals surface area (Å²) in [6.07, 6.45) is 7.17. The average Bonchev–Trinajstić information content (AvgIpc) is 2.73. The summed E-state index contributed by atoms with van der Waals surface area (Å²) >= 11 is 0. The lowest BCUT2D eigenvalue weighted by Gasteiger charge is -2.30. The first-order chi connectivity index (χ1) is 7.68. The highest BCUT2D eigenvalue weighted by atomic mass is 16.4. The van der Waals surface area contributed by atoms with E-state index in [4.69, 9.17) is 10.2 Å². The van der Waals surface area contributed by atoms with Crippen LogP contribution < -0.4 is 5.32 Å². The molecule has 1 aliphatic heterocycles. The van der Waals surface area contributed by atoms with Crippen molar-refractivity contribution < 1.29 is 15.3 Å². The van der Waals surface area contributed by atoms with Crippen LogP contribution in [0.4, 0.5) is 0 Å². The number of aliphatic hydroxyl groups excluding tert-OH is 2. The fourth-order valence-corrected chi connectivity index (χ4v) is 2.82. The smallest absolute Gasteiger partial charge is 0.114 e. The Balaban J connectivity index is 2.00. The molecule has 1 fully saturated rings. The van der Waals surface area contributed by atoms with Crippen molar-refractivity contribution in [3.8, 4) is 0 Å². The second kappa shape index (κ2) is 4.73. The molecule has 0 aromatic heterocycles. The predicted octanol–water partition coefficient (Wildman–Crippen LogP) is 0.138. The van der Waals surface area contributed by atoms with Crippen molar-refractivity contribution in [3.63, 3.8) is 0 Å². The fourth-order valence-electron chi connectivity index (χ4n) is 2.82. The molecule has 2 unspecified atom stereocenters. The zero-order valence-corrected chi connectivity index (χ0v) is 9.52. The predicted molar refractivity (Wildman–Crippen MR) is 60.7 cm³/mol. The molecule has 0 saturated heterocycles. The SMILES string of the molecule is OCC(O)(CO)CC1=CNC2CCCCC12. The largest absolute Gasteiger partial charge is 0.393 e. The van der Waals surface area contributed by atoms with Gasteiger partial charge in [-0.1, -0.05) is 12.8 Å². The minimum Gasteiger partial charge on any atom is -0.393 e. The summed E-state index contributed by atoms with van der Waals surface area (Å²) in [6, 6.07) is 0.505. The first-order valence-electron chi connectivity index (χ1n) is 6.07.